The van der Waals surface area contributed by atoms with E-state index in [0.717, 1.165) is 30.9 Å². The van der Waals surface area contributed by atoms with Crippen LogP contribution in [0.1, 0.15) is 18.5 Å². The Kier molecular flexibility index (Phi) is 5.85. The maximum atomic E-state index is 12.9. The van der Waals surface area contributed by atoms with Crippen LogP contribution in [-0.4, -0.2) is 69.7 Å². The monoisotopic (exact) mass is 321 g/mol. The van der Waals surface area contributed by atoms with E-state index in [4.69, 9.17) is 9.47 Å². The van der Waals surface area contributed by atoms with Crippen molar-refractivity contribution in [2.75, 3.05) is 47.9 Å². The molecule has 0 bridgehead atoms. The Morgan fingerprint density at radius 1 is 1.35 bits per heavy atom. The topological polar surface area (TPSA) is 54.0 Å². The molecular weight excluding hydrogens is 294 g/mol. The maximum Gasteiger partial charge on any atom is 0.244 e. The first-order chi connectivity index (χ1) is 11.0. The number of carbonyl (C=O) groups is 1. The lowest BCUT2D eigenvalue weighted by atomic mass is 9.99. The number of methoxy groups -OCH3 is 2. The Morgan fingerprint density at radius 3 is 2.65 bits per heavy atom. The largest absolute Gasteiger partial charge is 0.497 e. The molecule has 1 saturated heterocycles. The van der Waals surface area contributed by atoms with Crippen molar-refractivity contribution in [2.45, 2.75) is 19.0 Å². The molecule has 0 spiro atoms. The lowest BCUT2D eigenvalue weighted by Gasteiger charge is -2.40. The van der Waals surface area contributed by atoms with Gasteiger partial charge in [0.2, 0.25) is 5.91 Å². The highest BCUT2D eigenvalue weighted by atomic mass is 16.5. The van der Waals surface area contributed by atoms with Crippen LogP contribution in [0.4, 0.5) is 0 Å². The van der Waals surface area contributed by atoms with Gasteiger partial charge < -0.3 is 19.7 Å². The van der Waals surface area contributed by atoms with E-state index in [1.165, 1.54) is 0 Å². The van der Waals surface area contributed by atoms with Crippen LogP contribution in [-0.2, 0) is 4.79 Å². The molecule has 1 N–H and O–H groups in total. The molecule has 1 fully saturated rings. The summed E-state index contributed by atoms with van der Waals surface area (Å²) in [6, 6.07) is 5.48. The molecule has 1 aliphatic heterocycles. The second kappa shape index (κ2) is 7.66. The van der Waals surface area contributed by atoms with Gasteiger partial charge in [-0.15, -0.1) is 0 Å². The van der Waals surface area contributed by atoms with Crippen LogP contribution in [0, 0.1) is 0 Å². The van der Waals surface area contributed by atoms with Crippen molar-refractivity contribution in [2.24, 2.45) is 0 Å². The van der Waals surface area contributed by atoms with Crippen LogP contribution in [0.25, 0.3) is 0 Å². The summed E-state index contributed by atoms with van der Waals surface area (Å²) in [6.07, 6.45) is 0. The zero-order chi connectivity index (χ0) is 17.0. The highest BCUT2D eigenvalue weighted by Crippen LogP contribution is 2.35. The molecule has 2 rings (SSSR count). The molecular formula is C17H27N3O3. The molecule has 2 unspecified atom stereocenters. The molecule has 1 heterocycles. The first kappa shape index (κ1) is 17.6. The van der Waals surface area contributed by atoms with Crippen LogP contribution >= 0.6 is 0 Å². The summed E-state index contributed by atoms with van der Waals surface area (Å²) in [5.74, 6) is 1.47. The van der Waals surface area contributed by atoms with E-state index in [1.54, 1.807) is 33.2 Å². The fraction of sp³-hybridized carbons (Fsp3) is 0.588. The highest BCUT2D eigenvalue weighted by Gasteiger charge is 2.35. The van der Waals surface area contributed by atoms with E-state index in [0.29, 0.717) is 5.75 Å². The Balaban J connectivity index is 2.50. The highest BCUT2D eigenvalue weighted by molar-refractivity contribution is 5.84. The number of hydrogen-bond donors (Lipinski definition) is 1. The van der Waals surface area contributed by atoms with Crippen molar-refractivity contribution in [1.82, 2.24) is 15.1 Å². The van der Waals surface area contributed by atoms with Gasteiger partial charge in [0.25, 0.3) is 0 Å². The lowest BCUT2D eigenvalue weighted by molar-refractivity contribution is -0.136. The summed E-state index contributed by atoms with van der Waals surface area (Å²) in [4.78, 5) is 16.8. The quantitative estimate of drug-likeness (QED) is 0.881. The fourth-order valence-corrected chi connectivity index (χ4v) is 2.99. The van der Waals surface area contributed by atoms with Gasteiger partial charge in [-0.1, -0.05) is 0 Å². The smallest absolute Gasteiger partial charge is 0.244 e. The number of nitrogens with zero attached hydrogens (tertiary/aromatic N) is 2. The molecule has 0 aliphatic carbocycles. The SMILES string of the molecule is COc1ccc(OC)c(C(C(=O)N(C)C)N2CCNCC2C)c1. The van der Waals surface area contributed by atoms with Gasteiger partial charge in [0.1, 0.15) is 17.5 Å². The van der Waals surface area contributed by atoms with E-state index >= 15 is 0 Å². The van der Waals surface area contributed by atoms with E-state index in [9.17, 15) is 4.79 Å². The molecule has 0 radical (unpaired) electrons. The van der Waals surface area contributed by atoms with Crippen LogP contribution in [0.15, 0.2) is 18.2 Å². The molecule has 128 valence electrons. The van der Waals surface area contributed by atoms with Gasteiger partial charge in [0.15, 0.2) is 0 Å². The zero-order valence-corrected chi connectivity index (χ0v) is 14.6. The van der Waals surface area contributed by atoms with Gasteiger partial charge in [-0.25, -0.2) is 0 Å². The Labute approximate surface area is 138 Å². The summed E-state index contributed by atoms with van der Waals surface area (Å²) in [7, 11) is 6.83. The molecule has 2 atom stereocenters. The van der Waals surface area contributed by atoms with E-state index in [1.807, 2.05) is 18.2 Å². The van der Waals surface area contributed by atoms with Crippen molar-refractivity contribution in [3.05, 3.63) is 23.8 Å². The van der Waals surface area contributed by atoms with Crippen molar-refractivity contribution in [3.8, 4) is 11.5 Å². The van der Waals surface area contributed by atoms with E-state index in [-0.39, 0.29) is 18.0 Å². The average Bonchev–Trinajstić information content (AvgIpc) is 2.56. The number of nitrogens with one attached hydrogen (secondary N) is 1. The molecule has 1 aromatic rings. The normalized spacial score (nSPS) is 20.0. The first-order valence-corrected chi connectivity index (χ1v) is 7.89. The number of amides is 1. The third kappa shape index (κ3) is 3.76. The van der Waals surface area contributed by atoms with Gasteiger partial charge >= 0.3 is 0 Å². The minimum atomic E-state index is -0.382. The summed E-state index contributed by atoms with van der Waals surface area (Å²) in [6.45, 7) is 4.68. The predicted molar refractivity (Wildman–Crippen MR) is 90.0 cm³/mol. The van der Waals surface area contributed by atoms with E-state index in [2.05, 4.69) is 17.1 Å². The van der Waals surface area contributed by atoms with E-state index < -0.39 is 0 Å². The maximum absolute atomic E-state index is 12.9. The molecule has 0 aromatic heterocycles. The molecule has 6 heteroatoms. The summed E-state index contributed by atoms with van der Waals surface area (Å²) in [5.41, 5.74) is 0.847. The zero-order valence-electron chi connectivity index (χ0n) is 14.6. The van der Waals surface area contributed by atoms with Gasteiger partial charge in [-0.2, -0.15) is 0 Å². The molecule has 1 aromatic carbocycles. The summed E-state index contributed by atoms with van der Waals surface area (Å²) < 4.78 is 10.9. The van der Waals surface area contributed by atoms with Crippen molar-refractivity contribution in [1.29, 1.82) is 0 Å². The molecule has 0 saturated carbocycles. The number of benzene rings is 1. The Bertz CT molecular complexity index is 548. The average molecular weight is 321 g/mol. The third-order valence-electron chi connectivity index (χ3n) is 4.29. The molecule has 23 heavy (non-hydrogen) atoms. The first-order valence-electron chi connectivity index (χ1n) is 7.89. The number of piperazine rings is 1. The number of ether oxygens (including phenoxy) is 2. The minimum absolute atomic E-state index is 0.0466. The van der Waals surface area contributed by atoms with Crippen molar-refractivity contribution < 1.29 is 14.3 Å². The fourth-order valence-electron chi connectivity index (χ4n) is 2.99. The second-order valence-corrected chi connectivity index (χ2v) is 6.03. The predicted octanol–water partition coefficient (Wildman–Crippen LogP) is 1.13. The number of carbonyl (C=O) groups excluding carboxylic acids is 1. The standard InChI is InChI=1S/C17H27N3O3/c1-12-11-18-8-9-20(12)16(17(21)19(2)3)14-10-13(22-4)6-7-15(14)23-5/h6-7,10,12,16,18H,8-9,11H2,1-5H3. The minimum Gasteiger partial charge on any atom is -0.497 e. The van der Waals surface area contributed by atoms with Crippen LogP contribution in [0.3, 0.4) is 0 Å². The van der Waals surface area contributed by atoms with Crippen molar-refractivity contribution >= 4 is 5.91 Å². The Hall–Kier alpha value is -1.79. The lowest BCUT2D eigenvalue weighted by Crippen LogP contribution is -2.54. The Morgan fingerprint density at radius 2 is 2.09 bits per heavy atom. The van der Waals surface area contributed by atoms with Gasteiger partial charge in [0, 0.05) is 45.3 Å². The van der Waals surface area contributed by atoms with Gasteiger partial charge in [-0.05, 0) is 25.1 Å². The second-order valence-electron chi connectivity index (χ2n) is 6.03. The summed E-state index contributed by atoms with van der Waals surface area (Å²) >= 11 is 0. The van der Waals surface area contributed by atoms with Crippen LogP contribution < -0.4 is 14.8 Å². The van der Waals surface area contributed by atoms with Crippen LogP contribution in [0.2, 0.25) is 0 Å². The molecule has 6 nitrogen and oxygen atoms in total. The van der Waals surface area contributed by atoms with Gasteiger partial charge in [0.05, 0.1) is 14.2 Å². The number of hydrogen-bond acceptors (Lipinski definition) is 5. The summed E-state index contributed by atoms with van der Waals surface area (Å²) in [5, 5.41) is 3.37. The third-order valence-corrected chi connectivity index (χ3v) is 4.29. The molecule has 1 amide bonds. The van der Waals surface area contributed by atoms with Crippen LogP contribution in [0.5, 0.6) is 11.5 Å². The molecule has 1 aliphatic rings. The number of rotatable bonds is 5. The number of likely N-dealkylation sites (N-methyl/N-ethyl adjacent to an activating group) is 1. The van der Waals surface area contributed by atoms with Crippen molar-refractivity contribution in [3.63, 3.8) is 0 Å². The van der Waals surface area contributed by atoms with Gasteiger partial charge in [-0.3, -0.25) is 9.69 Å².